The van der Waals surface area contributed by atoms with Crippen molar-refractivity contribution in [2.75, 3.05) is 19.0 Å². The number of hydrogen-bond acceptors (Lipinski definition) is 5. The highest BCUT2D eigenvalue weighted by Gasteiger charge is 2.37. The van der Waals surface area contributed by atoms with E-state index >= 15 is 0 Å². The van der Waals surface area contributed by atoms with Gasteiger partial charge in [-0.25, -0.2) is 0 Å². The fraction of sp³-hybridized carbons (Fsp3) is 0.400. The number of rotatable bonds is 16. The summed E-state index contributed by atoms with van der Waals surface area (Å²) in [7, 11) is 1.71. The second-order valence-corrected chi connectivity index (χ2v) is 10.8. The number of carboxylic acid groups (broad SMARTS) is 1. The Balaban J connectivity index is 1.47. The largest absolute Gasteiger partial charge is 0.496 e. The molecule has 0 atom stereocenters. The maximum Gasteiger partial charge on any atom is 0.310 e. The van der Waals surface area contributed by atoms with Crippen molar-refractivity contribution in [3.05, 3.63) is 88.2 Å². The predicted octanol–water partition coefficient (Wildman–Crippen LogP) is 7.64. The number of ether oxygens (including phenoxy) is 2. The number of aryl methyl sites for hydroxylation is 3. The molecule has 7 nitrogen and oxygen atoms in total. The summed E-state index contributed by atoms with van der Waals surface area (Å²) in [5, 5.41) is 12.5. The Bertz CT molecular complexity index is 1350. The number of unbranched alkanes of at least 4 members (excludes halogenated alkanes) is 1. The number of nitrogens with one attached hydrogen (secondary N) is 1. The Morgan fingerprint density at radius 2 is 1.69 bits per heavy atom. The van der Waals surface area contributed by atoms with E-state index < -0.39 is 11.4 Å². The molecule has 0 fully saturated rings. The van der Waals surface area contributed by atoms with Crippen molar-refractivity contribution in [2.45, 2.75) is 72.8 Å². The minimum Gasteiger partial charge on any atom is -0.496 e. The van der Waals surface area contributed by atoms with Crippen molar-refractivity contribution >= 4 is 29.7 Å². The van der Waals surface area contributed by atoms with Crippen LogP contribution in [0.5, 0.6) is 5.75 Å². The SMILES string of the molecule is CCC(CC)(CC(=O)Nc1cccc(C=Cc2cccc(COCCCCc3cc(C)c(OC)c(C)c3)n2)c1)C(=O)O. The number of carbonyl (C=O) groups is 2. The van der Waals surface area contributed by atoms with Gasteiger partial charge in [0.1, 0.15) is 5.75 Å². The van der Waals surface area contributed by atoms with E-state index in [1.54, 1.807) is 27.0 Å². The fourth-order valence-electron chi connectivity index (χ4n) is 5.18. The molecule has 7 heteroatoms. The number of pyridine rings is 1. The number of aromatic nitrogens is 1. The van der Waals surface area contributed by atoms with E-state index in [0.717, 1.165) is 42.0 Å². The van der Waals surface area contributed by atoms with Gasteiger partial charge in [0.05, 0.1) is 30.5 Å². The van der Waals surface area contributed by atoms with E-state index in [0.29, 0.717) is 31.7 Å². The van der Waals surface area contributed by atoms with Crippen molar-refractivity contribution in [3.8, 4) is 5.75 Å². The van der Waals surface area contributed by atoms with Crippen molar-refractivity contribution in [2.24, 2.45) is 5.41 Å². The molecule has 0 aliphatic carbocycles. The van der Waals surface area contributed by atoms with Gasteiger partial charge in [0.2, 0.25) is 5.91 Å². The Labute approximate surface area is 250 Å². The van der Waals surface area contributed by atoms with Crippen LogP contribution < -0.4 is 10.1 Å². The first kappa shape index (κ1) is 32.5. The number of nitrogens with zero attached hydrogens (tertiary/aromatic N) is 1. The second kappa shape index (κ2) is 15.9. The van der Waals surface area contributed by atoms with Gasteiger partial charge in [0, 0.05) is 18.7 Å². The summed E-state index contributed by atoms with van der Waals surface area (Å²) in [5.41, 5.74) is 5.83. The average molecular weight is 573 g/mol. The molecular formula is C35H44N2O5. The predicted molar refractivity (Wildman–Crippen MR) is 169 cm³/mol. The molecule has 0 saturated carbocycles. The van der Waals surface area contributed by atoms with Crippen LogP contribution in [0.2, 0.25) is 0 Å². The molecule has 0 unspecified atom stereocenters. The van der Waals surface area contributed by atoms with Crippen LogP contribution in [-0.2, 0) is 27.4 Å². The lowest BCUT2D eigenvalue weighted by Gasteiger charge is -2.25. The summed E-state index contributed by atoms with van der Waals surface area (Å²) in [6.45, 7) is 8.91. The number of carboxylic acids is 1. The molecule has 0 spiro atoms. The topological polar surface area (TPSA) is 97.8 Å². The van der Waals surface area contributed by atoms with E-state index in [4.69, 9.17) is 9.47 Å². The van der Waals surface area contributed by atoms with Gasteiger partial charge in [-0.1, -0.05) is 50.3 Å². The smallest absolute Gasteiger partial charge is 0.310 e. The third-order valence-electron chi connectivity index (χ3n) is 7.73. The first-order valence-corrected chi connectivity index (χ1v) is 14.7. The zero-order chi connectivity index (χ0) is 30.5. The van der Waals surface area contributed by atoms with Crippen molar-refractivity contribution < 1.29 is 24.2 Å². The molecule has 0 aliphatic heterocycles. The zero-order valence-corrected chi connectivity index (χ0v) is 25.5. The third kappa shape index (κ3) is 9.28. The van der Waals surface area contributed by atoms with Gasteiger partial charge < -0.3 is 19.9 Å². The van der Waals surface area contributed by atoms with E-state index in [-0.39, 0.29) is 12.3 Å². The minimum atomic E-state index is -1.04. The number of hydrogen-bond donors (Lipinski definition) is 2. The van der Waals surface area contributed by atoms with Gasteiger partial charge in [0.15, 0.2) is 0 Å². The normalized spacial score (nSPS) is 11.5. The number of anilines is 1. The van der Waals surface area contributed by atoms with E-state index in [9.17, 15) is 14.7 Å². The van der Waals surface area contributed by atoms with Gasteiger partial charge in [0.25, 0.3) is 0 Å². The molecule has 42 heavy (non-hydrogen) atoms. The number of aliphatic carboxylic acids is 1. The molecule has 2 aromatic carbocycles. The number of carbonyl (C=O) groups excluding carboxylic acids is 1. The molecule has 0 radical (unpaired) electrons. The van der Waals surface area contributed by atoms with Gasteiger partial charge in [-0.2, -0.15) is 0 Å². The van der Waals surface area contributed by atoms with E-state index in [2.05, 4.69) is 36.3 Å². The number of methoxy groups -OCH3 is 1. The molecule has 1 amide bonds. The molecule has 224 valence electrons. The van der Waals surface area contributed by atoms with E-state index in [1.165, 1.54) is 16.7 Å². The van der Waals surface area contributed by atoms with Crippen LogP contribution in [0.3, 0.4) is 0 Å². The average Bonchev–Trinajstić information content (AvgIpc) is 2.97. The van der Waals surface area contributed by atoms with Crippen LogP contribution in [0.4, 0.5) is 5.69 Å². The summed E-state index contributed by atoms with van der Waals surface area (Å²) in [6.07, 6.45) is 7.64. The van der Waals surface area contributed by atoms with Gasteiger partial charge in [-0.15, -0.1) is 0 Å². The van der Waals surface area contributed by atoms with Crippen LogP contribution in [-0.4, -0.2) is 35.7 Å². The summed E-state index contributed by atoms with van der Waals surface area (Å²) < 4.78 is 11.4. The van der Waals surface area contributed by atoms with Crippen LogP contribution in [0.15, 0.2) is 54.6 Å². The van der Waals surface area contributed by atoms with Crippen LogP contribution in [0.1, 0.15) is 79.6 Å². The number of benzene rings is 2. The molecule has 1 aromatic heterocycles. The fourth-order valence-corrected chi connectivity index (χ4v) is 5.18. The van der Waals surface area contributed by atoms with Crippen molar-refractivity contribution in [3.63, 3.8) is 0 Å². The van der Waals surface area contributed by atoms with Crippen LogP contribution >= 0.6 is 0 Å². The van der Waals surface area contributed by atoms with Gasteiger partial charge in [-0.3, -0.25) is 14.6 Å². The Hall–Kier alpha value is -3.97. The van der Waals surface area contributed by atoms with Gasteiger partial charge in [-0.05, 0) is 98.5 Å². The van der Waals surface area contributed by atoms with Crippen molar-refractivity contribution in [1.82, 2.24) is 4.98 Å². The minimum absolute atomic E-state index is 0.0593. The first-order valence-electron chi connectivity index (χ1n) is 14.7. The summed E-state index contributed by atoms with van der Waals surface area (Å²) in [4.78, 5) is 29.0. The molecular weight excluding hydrogens is 528 g/mol. The Morgan fingerprint density at radius 3 is 2.36 bits per heavy atom. The first-order chi connectivity index (χ1) is 20.2. The molecule has 3 rings (SSSR count). The summed E-state index contributed by atoms with van der Waals surface area (Å²) in [6, 6.07) is 17.7. The standard InChI is InChI=1S/C35H44N2O5/c1-6-35(7-2,34(39)40)23-32(38)37-30-15-10-13-27(22-30)17-18-29-14-11-16-31(36-29)24-42-19-9-8-12-28-20-25(3)33(41-5)26(4)21-28/h10-11,13-18,20-22H,6-9,12,19,23-24H2,1-5H3,(H,37,38)(H,39,40). The molecule has 0 bridgehead atoms. The lowest BCUT2D eigenvalue weighted by molar-refractivity contribution is -0.151. The van der Waals surface area contributed by atoms with Crippen molar-refractivity contribution in [1.29, 1.82) is 0 Å². The highest BCUT2D eigenvalue weighted by atomic mass is 16.5. The highest BCUT2D eigenvalue weighted by molar-refractivity contribution is 5.94. The maximum atomic E-state index is 12.6. The zero-order valence-electron chi connectivity index (χ0n) is 25.5. The molecule has 3 aromatic rings. The van der Waals surface area contributed by atoms with Crippen LogP contribution in [0.25, 0.3) is 12.2 Å². The summed E-state index contributed by atoms with van der Waals surface area (Å²) in [5.74, 6) is -0.273. The van der Waals surface area contributed by atoms with E-state index in [1.807, 2.05) is 48.6 Å². The quantitative estimate of drug-likeness (QED) is 0.171. The third-order valence-corrected chi connectivity index (χ3v) is 7.73. The number of amides is 1. The monoisotopic (exact) mass is 572 g/mol. The Morgan fingerprint density at radius 1 is 0.976 bits per heavy atom. The lowest BCUT2D eigenvalue weighted by atomic mass is 9.79. The summed E-state index contributed by atoms with van der Waals surface area (Å²) >= 11 is 0. The van der Waals surface area contributed by atoms with Gasteiger partial charge >= 0.3 is 5.97 Å². The lowest BCUT2D eigenvalue weighted by Crippen LogP contribution is -2.34. The molecule has 0 aliphatic rings. The Kier molecular flexibility index (Phi) is 12.3. The van der Waals surface area contributed by atoms with Crippen LogP contribution in [0, 0.1) is 19.3 Å². The second-order valence-electron chi connectivity index (χ2n) is 10.8. The molecule has 0 saturated heterocycles. The maximum absolute atomic E-state index is 12.6. The highest BCUT2D eigenvalue weighted by Crippen LogP contribution is 2.31. The molecule has 2 N–H and O–H groups in total. The molecule has 1 heterocycles.